The number of rotatable bonds is 4. The summed E-state index contributed by atoms with van der Waals surface area (Å²) in [5.74, 6) is -0.193. The molecule has 0 bridgehead atoms. The highest BCUT2D eigenvalue weighted by molar-refractivity contribution is 5.81. The lowest BCUT2D eigenvalue weighted by Crippen LogP contribution is -2.46. The first-order chi connectivity index (χ1) is 9.19. The first-order valence-corrected chi connectivity index (χ1v) is 6.59. The molecule has 1 saturated heterocycles. The molecule has 0 aliphatic carbocycles. The largest absolute Gasteiger partial charge is 0.411 e. The number of hydrogen-bond acceptors (Lipinski definition) is 4. The second kappa shape index (κ2) is 6.52. The average molecular weight is 265 g/mol. The maximum Gasteiger partial charge on any atom is 0.123 e. The summed E-state index contributed by atoms with van der Waals surface area (Å²) >= 11 is 0. The van der Waals surface area contributed by atoms with Gasteiger partial charge in [0.25, 0.3) is 0 Å². The van der Waals surface area contributed by atoms with Crippen molar-refractivity contribution in [3.05, 3.63) is 30.1 Å². The standard InChI is InChI=1S/C14H20FN3O/c1-12(16-19)6-7-17-8-10-18(11-9-17)14-4-2-13(15)3-5-14/h2-5,19H,6-11H2,1H3. The van der Waals surface area contributed by atoms with Gasteiger partial charge in [-0.25, -0.2) is 4.39 Å². The third-order valence-corrected chi connectivity index (χ3v) is 3.52. The van der Waals surface area contributed by atoms with Crippen molar-refractivity contribution < 1.29 is 9.60 Å². The summed E-state index contributed by atoms with van der Waals surface area (Å²) in [5.41, 5.74) is 1.84. The SMILES string of the molecule is CC(CCN1CCN(c2ccc(F)cc2)CC1)=NO. The fourth-order valence-corrected chi connectivity index (χ4v) is 2.25. The van der Waals surface area contributed by atoms with Crippen LogP contribution in [0.25, 0.3) is 0 Å². The summed E-state index contributed by atoms with van der Waals surface area (Å²) in [4.78, 5) is 4.62. The molecule has 104 valence electrons. The Kier molecular flexibility index (Phi) is 4.74. The van der Waals surface area contributed by atoms with Crippen molar-refractivity contribution in [2.75, 3.05) is 37.6 Å². The molecule has 0 radical (unpaired) electrons. The van der Waals surface area contributed by atoms with Crippen LogP contribution in [0.3, 0.4) is 0 Å². The molecule has 1 aliphatic rings. The van der Waals surface area contributed by atoms with Crippen molar-refractivity contribution in [1.29, 1.82) is 0 Å². The van der Waals surface area contributed by atoms with Gasteiger partial charge in [-0.2, -0.15) is 0 Å². The Labute approximate surface area is 113 Å². The Bertz CT molecular complexity index is 425. The minimum atomic E-state index is -0.193. The van der Waals surface area contributed by atoms with E-state index in [4.69, 9.17) is 5.21 Å². The number of oxime groups is 1. The molecule has 5 heteroatoms. The van der Waals surface area contributed by atoms with Gasteiger partial charge in [-0.05, 0) is 31.2 Å². The zero-order valence-corrected chi connectivity index (χ0v) is 11.2. The van der Waals surface area contributed by atoms with E-state index in [1.165, 1.54) is 12.1 Å². The van der Waals surface area contributed by atoms with E-state index in [0.717, 1.165) is 50.5 Å². The number of hydrogen-bond donors (Lipinski definition) is 1. The van der Waals surface area contributed by atoms with Gasteiger partial charge in [0, 0.05) is 44.8 Å². The van der Waals surface area contributed by atoms with Crippen LogP contribution < -0.4 is 4.90 Å². The molecule has 0 amide bonds. The van der Waals surface area contributed by atoms with E-state index in [-0.39, 0.29) is 5.82 Å². The summed E-state index contributed by atoms with van der Waals surface area (Å²) in [6.07, 6.45) is 0.799. The van der Waals surface area contributed by atoms with Gasteiger partial charge in [-0.15, -0.1) is 0 Å². The molecule has 1 aliphatic heterocycles. The molecule has 0 spiro atoms. The predicted octanol–water partition coefficient (Wildman–Crippen LogP) is 2.19. The van der Waals surface area contributed by atoms with Gasteiger partial charge in [0.05, 0.1) is 5.71 Å². The van der Waals surface area contributed by atoms with Crippen LogP contribution in [-0.2, 0) is 0 Å². The highest BCUT2D eigenvalue weighted by Crippen LogP contribution is 2.16. The van der Waals surface area contributed by atoms with Crippen LogP contribution in [0.15, 0.2) is 29.4 Å². The third kappa shape index (κ3) is 3.92. The van der Waals surface area contributed by atoms with E-state index >= 15 is 0 Å². The minimum absolute atomic E-state index is 0.193. The van der Waals surface area contributed by atoms with Crippen molar-refractivity contribution in [2.24, 2.45) is 5.16 Å². The van der Waals surface area contributed by atoms with Crippen LogP contribution in [-0.4, -0.2) is 48.5 Å². The van der Waals surface area contributed by atoms with Crippen LogP contribution >= 0.6 is 0 Å². The van der Waals surface area contributed by atoms with Gasteiger partial charge in [0.1, 0.15) is 5.82 Å². The van der Waals surface area contributed by atoms with Gasteiger partial charge < -0.3 is 10.1 Å². The molecular formula is C14H20FN3O. The average Bonchev–Trinajstić information content (AvgIpc) is 2.46. The Hall–Kier alpha value is -1.62. The number of piperazine rings is 1. The lowest BCUT2D eigenvalue weighted by atomic mass is 10.2. The topological polar surface area (TPSA) is 39.1 Å². The normalized spacial score (nSPS) is 17.8. The van der Waals surface area contributed by atoms with Crippen LogP contribution in [0, 0.1) is 5.82 Å². The van der Waals surface area contributed by atoms with E-state index in [1.54, 1.807) is 0 Å². The molecule has 1 N–H and O–H groups in total. The highest BCUT2D eigenvalue weighted by atomic mass is 19.1. The molecule has 0 atom stereocenters. The summed E-state index contributed by atoms with van der Waals surface area (Å²) in [5, 5.41) is 11.8. The number of halogens is 1. The molecule has 1 fully saturated rings. The monoisotopic (exact) mass is 265 g/mol. The highest BCUT2D eigenvalue weighted by Gasteiger charge is 2.16. The summed E-state index contributed by atoms with van der Waals surface area (Å²) < 4.78 is 12.9. The Morgan fingerprint density at radius 3 is 2.42 bits per heavy atom. The van der Waals surface area contributed by atoms with Crippen molar-refractivity contribution in [1.82, 2.24) is 4.90 Å². The molecule has 0 aromatic heterocycles. The van der Waals surface area contributed by atoms with E-state index < -0.39 is 0 Å². The maximum absolute atomic E-state index is 12.9. The second-order valence-corrected chi connectivity index (χ2v) is 4.89. The fraction of sp³-hybridized carbons (Fsp3) is 0.500. The molecule has 0 unspecified atom stereocenters. The van der Waals surface area contributed by atoms with Gasteiger partial charge in [0.15, 0.2) is 0 Å². The number of anilines is 1. The first-order valence-electron chi connectivity index (χ1n) is 6.59. The van der Waals surface area contributed by atoms with E-state index in [1.807, 2.05) is 19.1 Å². The molecule has 0 saturated carbocycles. The summed E-state index contributed by atoms with van der Waals surface area (Å²) in [6.45, 7) is 6.61. The lowest BCUT2D eigenvalue weighted by molar-refractivity contribution is 0.262. The van der Waals surface area contributed by atoms with Crippen molar-refractivity contribution in [3.8, 4) is 0 Å². The second-order valence-electron chi connectivity index (χ2n) is 4.89. The van der Waals surface area contributed by atoms with Crippen molar-refractivity contribution in [3.63, 3.8) is 0 Å². The van der Waals surface area contributed by atoms with Gasteiger partial charge in [-0.1, -0.05) is 5.16 Å². The van der Waals surface area contributed by atoms with Crippen LogP contribution in [0.1, 0.15) is 13.3 Å². The van der Waals surface area contributed by atoms with Gasteiger partial charge in [0.2, 0.25) is 0 Å². The summed E-state index contributed by atoms with van der Waals surface area (Å²) in [7, 11) is 0. The van der Waals surface area contributed by atoms with Gasteiger partial charge in [-0.3, -0.25) is 4.90 Å². The zero-order valence-electron chi connectivity index (χ0n) is 11.2. The Balaban J connectivity index is 1.80. The molecule has 4 nitrogen and oxygen atoms in total. The van der Waals surface area contributed by atoms with Crippen molar-refractivity contribution in [2.45, 2.75) is 13.3 Å². The molecular weight excluding hydrogens is 245 g/mol. The predicted molar refractivity (Wildman–Crippen MR) is 74.6 cm³/mol. The molecule has 1 aromatic rings. The molecule has 1 heterocycles. The van der Waals surface area contributed by atoms with E-state index in [2.05, 4.69) is 15.0 Å². The molecule has 1 aromatic carbocycles. The quantitative estimate of drug-likeness (QED) is 0.515. The van der Waals surface area contributed by atoms with E-state index in [9.17, 15) is 4.39 Å². The minimum Gasteiger partial charge on any atom is -0.411 e. The summed E-state index contributed by atoms with van der Waals surface area (Å²) in [6, 6.07) is 6.66. The van der Waals surface area contributed by atoms with E-state index in [0.29, 0.717) is 0 Å². The Morgan fingerprint density at radius 2 is 1.84 bits per heavy atom. The van der Waals surface area contributed by atoms with Gasteiger partial charge >= 0.3 is 0 Å². The lowest BCUT2D eigenvalue weighted by Gasteiger charge is -2.36. The smallest absolute Gasteiger partial charge is 0.123 e. The fourth-order valence-electron chi connectivity index (χ4n) is 2.25. The van der Waals surface area contributed by atoms with Crippen LogP contribution in [0.5, 0.6) is 0 Å². The number of benzene rings is 1. The zero-order chi connectivity index (χ0) is 13.7. The maximum atomic E-state index is 12.9. The van der Waals surface area contributed by atoms with Crippen LogP contribution in [0.4, 0.5) is 10.1 Å². The Morgan fingerprint density at radius 1 is 1.21 bits per heavy atom. The third-order valence-electron chi connectivity index (χ3n) is 3.52. The number of nitrogens with zero attached hydrogens (tertiary/aromatic N) is 3. The van der Waals surface area contributed by atoms with Crippen LogP contribution in [0.2, 0.25) is 0 Å². The first kappa shape index (κ1) is 13.8. The van der Waals surface area contributed by atoms with Crippen molar-refractivity contribution >= 4 is 11.4 Å². The molecule has 2 rings (SSSR count). The molecule has 19 heavy (non-hydrogen) atoms.